The minimum atomic E-state index is -3.54. The Hall–Kier alpha value is -3.24. The van der Waals surface area contributed by atoms with Crippen LogP contribution in [-0.4, -0.2) is 67.7 Å². The minimum Gasteiger partial charge on any atom is -0.362 e. The summed E-state index contributed by atoms with van der Waals surface area (Å²) in [6, 6.07) is 15.9. The molecular weight excluding hydrogens is 456 g/mol. The number of anilines is 1. The van der Waals surface area contributed by atoms with Crippen molar-refractivity contribution in [2.24, 2.45) is 5.92 Å². The standard InChI is InChI=1S/C24H28N4O5S/c29-24(26-17-15-25(16-18-26)22-8-4-5-9-23(22)28(30)31)21-10-13-27(14-11-21)34(32,33)19-12-20-6-2-1-3-7-20/h1-9,12,19,21H,10-11,13-18H2/b19-12+. The summed E-state index contributed by atoms with van der Waals surface area (Å²) in [6.45, 7) is 2.65. The van der Waals surface area contributed by atoms with Crippen LogP contribution in [0.15, 0.2) is 60.0 Å². The molecule has 0 atom stereocenters. The second-order valence-corrected chi connectivity index (χ2v) is 10.3. The molecule has 2 aromatic rings. The Balaban J connectivity index is 1.30. The number of amides is 1. The minimum absolute atomic E-state index is 0.0408. The molecular formula is C24H28N4O5S. The number of carbonyl (C=O) groups is 1. The van der Waals surface area contributed by atoms with E-state index in [-0.39, 0.29) is 22.4 Å². The van der Waals surface area contributed by atoms with Gasteiger partial charge in [-0.25, -0.2) is 8.42 Å². The number of nitro groups is 1. The summed E-state index contributed by atoms with van der Waals surface area (Å²) in [6.07, 6.45) is 2.56. The molecule has 10 heteroatoms. The predicted octanol–water partition coefficient (Wildman–Crippen LogP) is 2.96. The van der Waals surface area contributed by atoms with Crippen LogP contribution in [0.4, 0.5) is 11.4 Å². The lowest BCUT2D eigenvalue weighted by Gasteiger charge is -2.38. The van der Waals surface area contributed by atoms with Crippen LogP contribution < -0.4 is 4.90 Å². The number of para-hydroxylation sites is 2. The van der Waals surface area contributed by atoms with Gasteiger partial charge in [0.25, 0.3) is 5.69 Å². The van der Waals surface area contributed by atoms with Gasteiger partial charge in [0, 0.05) is 56.7 Å². The van der Waals surface area contributed by atoms with Crippen LogP contribution in [0.5, 0.6) is 0 Å². The predicted molar refractivity (Wildman–Crippen MR) is 131 cm³/mol. The highest BCUT2D eigenvalue weighted by atomic mass is 32.2. The third-order valence-electron chi connectivity index (χ3n) is 6.41. The van der Waals surface area contributed by atoms with Gasteiger partial charge in [-0.3, -0.25) is 14.9 Å². The van der Waals surface area contributed by atoms with E-state index in [2.05, 4.69) is 0 Å². The first-order valence-corrected chi connectivity index (χ1v) is 12.9. The van der Waals surface area contributed by atoms with E-state index in [1.807, 2.05) is 35.2 Å². The molecule has 2 saturated heterocycles. The Morgan fingerprint density at radius 3 is 2.18 bits per heavy atom. The van der Waals surface area contributed by atoms with Gasteiger partial charge in [0.15, 0.2) is 0 Å². The Bertz CT molecular complexity index is 1150. The normalized spacial score (nSPS) is 18.4. The quantitative estimate of drug-likeness (QED) is 0.461. The molecule has 0 bridgehead atoms. The molecule has 9 nitrogen and oxygen atoms in total. The Kier molecular flexibility index (Phi) is 7.28. The number of carbonyl (C=O) groups excluding carboxylic acids is 1. The van der Waals surface area contributed by atoms with Crippen LogP contribution in [0.3, 0.4) is 0 Å². The molecule has 2 aliphatic heterocycles. The van der Waals surface area contributed by atoms with Crippen molar-refractivity contribution < 1.29 is 18.1 Å². The van der Waals surface area contributed by atoms with Gasteiger partial charge in [-0.05, 0) is 30.5 Å². The second-order valence-electron chi connectivity index (χ2n) is 8.49. The number of nitrogens with zero attached hydrogens (tertiary/aromatic N) is 4. The third-order valence-corrected chi connectivity index (χ3v) is 7.97. The summed E-state index contributed by atoms with van der Waals surface area (Å²) in [5, 5.41) is 12.5. The van der Waals surface area contributed by atoms with Crippen molar-refractivity contribution >= 4 is 33.4 Å². The van der Waals surface area contributed by atoms with Gasteiger partial charge in [-0.15, -0.1) is 0 Å². The number of rotatable bonds is 6. The summed E-state index contributed by atoms with van der Waals surface area (Å²) in [5.41, 5.74) is 1.45. The molecule has 0 N–H and O–H groups in total. The first-order chi connectivity index (χ1) is 16.3. The Morgan fingerprint density at radius 1 is 0.912 bits per heavy atom. The number of piperidine rings is 1. The van der Waals surface area contributed by atoms with Crippen molar-refractivity contribution in [1.82, 2.24) is 9.21 Å². The highest BCUT2D eigenvalue weighted by Gasteiger charge is 2.34. The van der Waals surface area contributed by atoms with Crippen LogP contribution in [0.2, 0.25) is 0 Å². The number of piperazine rings is 1. The van der Waals surface area contributed by atoms with Gasteiger partial charge in [0.2, 0.25) is 15.9 Å². The molecule has 0 aliphatic carbocycles. The average Bonchev–Trinajstić information content (AvgIpc) is 2.88. The topological polar surface area (TPSA) is 104 Å². The number of benzene rings is 2. The van der Waals surface area contributed by atoms with Gasteiger partial charge in [-0.1, -0.05) is 42.5 Å². The average molecular weight is 485 g/mol. The first kappa shape index (κ1) is 23.9. The van der Waals surface area contributed by atoms with Crippen molar-refractivity contribution in [3.63, 3.8) is 0 Å². The fourth-order valence-electron chi connectivity index (χ4n) is 4.48. The number of sulfonamides is 1. The third kappa shape index (κ3) is 5.45. The molecule has 2 aromatic carbocycles. The number of hydrogen-bond acceptors (Lipinski definition) is 6. The molecule has 180 valence electrons. The van der Waals surface area contributed by atoms with Gasteiger partial charge in [0.05, 0.1) is 4.92 Å². The fraction of sp³-hybridized carbons (Fsp3) is 0.375. The fourth-order valence-corrected chi connectivity index (χ4v) is 5.70. The van der Waals surface area contributed by atoms with Crippen LogP contribution in [0, 0.1) is 16.0 Å². The summed E-state index contributed by atoms with van der Waals surface area (Å²) in [5.74, 6) is -0.166. The number of nitro benzene ring substituents is 1. The zero-order valence-corrected chi connectivity index (χ0v) is 19.6. The smallest absolute Gasteiger partial charge is 0.292 e. The van der Waals surface area contributed by atoms with Crippen LogP contribution in [-0.2, 0) is 14.8 Å². The van der Waals surface area contributed by atoms with Crippen molar-refractivity contribution in [1.29, 1.82) is 0 Å². The Morgan fingerprint density at radius 2 is 1.53 bits per heavy atom. The molecule has 0 saturated carbocycles. The summed E-state index contributed by atoms with van der Waals surface area (Å²) < 4.78 is 26.8. The van der Waals surface area contributed by atoms with Gasteiger partial charge in [-0.2, -0.15) is 4.31 Å². The highest BCUT2D eigenvalue weighted by Crippen LogP contribution is 2.29. The molecule has 0 radical (unpaired) electrons. The lowest BCUT2D eigenvalue weighted by atomic mass is 9.96. The molecule has 0 spiro atoms. The van der Waals surface area contributed by atoms with Gasteiger partial charge in [0.1, 0.15) is 5.69 Å². The monoisotopic (exact) mass is 484 g/mol. The van der Waals surface area contributed by atoms with Crippen molar-refractivity contribution in [3.8, 4) is 0 Å². The van der Waals surface area contributed by atoms with Crippen LogP contribution in [0.1, 0.15) is 18.4 Å². The van der Waals surface area contributed by atoms with Gasteiger partial charge >= 0.3 is 0 Å². The summed E-state index contributed by atoms with van der Waals surface area (Å²) in [7, 11) is -3.54. The maximum absolute atomic E-state index is 13.1. The SMILES string of the molecule is O=C(C1CCN(S(=O)(=O)/C=C/c2ccccc2)CC1)N1CCN(c2ccccc2[N+](=O)[O-])CC1. The molecule has 0 aromatic heterocycles. The maximum Gasteiger partial charge on any atom is 0.292 e. The molecule has 1 amide bonds. The zero-order valence-electron chi connectivity index (χ0n) is 18.8. The molecule has 2 heterocycles. The first-order valence-electron chi connectivity index (χ1n) is 11.4. The van der Waals surface area contributed by atoms with Crippen LogP contribution in [0.25, 0.3) is 6.08 Å². The lowest BCUT2D eigenvalue weighted by Crippen LogP contribution is -2.52. The molecule has 2 aliphatic rings. The van der Waals surface area contributed by atoms with Crippen LogP contribution >= 0.6 is 0 Å². The van der Waals surface area contributed by atoms with E-state index in [0.29, 0.717) is 57.8 Å². The largest absolute Gasteiger partial charge is 0.362 e. The van der Waals surface area contributed by atoms with Crippen molar-refractivity contribution in [2.45, 2.75) is 12.8 Å². The Labute approximate surface area is 199 Å². The van der Waals surface area contributed by atoms with E-state index in [4.69, 9.17) is 0 Å². The zero-order chi connectivity index (χ0) is 24.1. The van der Waals surface area contributed by atoms with Crippen molar-refractivity contribution in [2.75, 3.05) is 44.2 Å². The van der Waals surface area contributed by atoms with Gasteiger partial charge < -0.3 is 9.80 Å². The van der Waals surface area contributed by atoms with Crippen molar-refractivity contribution in [3.05, 3.63) is 75.7 Å². The highest BCUT2D eigenvalue weighted by molar-refractivity contribution is 7.92. The van der Waals surface area contributed by atoms with E-state index >= 15 is 0 Å². The second kappa shape index (κ2) is 10.4. The van der Waals surface area contributed by atoms with E-state index < -0.39 is 10.0 Å². The van der Waals surface area contributed by atoms with E-state index in [1.54, 1.807) is 29.2 Å². The lowest BCUT2D eigenvalue weighted by molar-refractivity contribution is -0.384. The molecule has 34 heavy (non-hydrogen) atoms. The molecule has 2 fully saturated rings. The van der Waals surface area contributed by atoms with E-state index in [9.17, 15) is 23.3 Å². The summed E-state index contributed by atoms with van der Waals surface area (Å²) >= 11 is 0. The molecule has 0 unspecified atom stereocenters. The van der Waals surface area contributed by atoms with E-state index in [1.165, 1.54) is 15.8 Å². The van der Waals surface area contributed by atoms with E-state index in [0.717, 1.165) is 5.56 Å². The summed E-state index contributed by atoms with van der Waals surface area (Å²) in [4.78, 5) is 27.7. The molecule has 4 rings (SSSR count). The maximum atomic E-state index is 13.1. The number of hydrogen-bond donors (Lipinski definition) is 0.